The molecular formula is C22H35N3O3. The maximum absolute atomic E-state index is 5.92. The van der Waals surface area contributed by atoms with E-state index in [4.69, 9.17) is 14.2 Å². The number of methoxy groups -OCH3 is 1. The first kappa shape index (κ1) is 20.9. The molecular weight excluding hydrogens is 354 g/mol. The maximum atomic E-state index is 5.92. The van der Waals surface area contributed by atoms with Crippen molar-refractivity contribution >= 4 is 5.96 Å². The summed E-state index contributed by atoms with van der Waals surface area (Å²) in [7, 11) is 3.55. The first-order valence-electron chi connectivity index (χ1n) is 10.5. The van der Waals surface area contributed by atoms with Crippen LogP contribution in [0.25, 0.3) is 0 Å². The number of hydrogen-bond donors (Lipinski definition) is 2. The molecule has 0 radical (unpaired) electrons. The Morgan fingerprint density at radius 3 is 2.86 bits per heavy atom. The van der Waals surface area contributed by atoms with Crippen LogP contribution in [0.2, 0.25) is 0 Å². The summed E-state index contributed by atoms with van der Waals surface area (Å²) in [4.78, 5) is 4.42. The van der Waals surface area contributed by atoms with Crippen LogP contribution in [0, 0.1) is 0 Å². The van der Waals surface area contributed by atoms with Crippen molar-refractivity contribution in [3.05, 3.63) is 29.8 Å². The van der Waals surface area contributed by atoms with E-state index in [2.05, 4.69) is 40.7 Å². The normalized spacial score (nSPS) is 22.8. The Morgan fingerprint density at radius 2 is 2.18 bits per heavy atom. The van der Waals surface area contributed by atoms with Crippen LogP contribution in [-0.2, 0) is 14.9 Å². The molecule has 2 unspecified atom stereocenters. The zero-order chi connectivity index (χ0) is 19.8. The molecule has 1 aromatic carbocycles. The van der Waals surface area contributed by atoms with Crippen molar-refractivity contribution in [2.24, 2.45) is 4.99 Å². The van der Waals surface area contributed by atoms with Crippen LogP contribution in [0.3, 0.4) is 0 Å². The highest BCUT2D eigenvalue weighted by molar-refractivity contribution is 5.80. The molecule has 0 bridgehead atoms. The molecule has 1 saturated carbocycles. The van der Waals surface area contributed by atoms with E-state index in [9.17, 15) is 0 Å². The highest BCUT2D eigenvalue weighted by atomic mass is 16.5. The third-order valence-electron chi connectivity index (χ3n) is 5.91. The van der Waals surface area contributed by atoms with Gasteiger partial charge in [-0.1, -0.05) is 25.0 Å². The van der Waals surface area contributed by atoms with Gasteiger partial charge < -0.3 is 24.8 Å². The van der Waals surface area contributed by atoms with Crippen molar-refractivity contribution in [1.82, 2.24) is 10.6 Å². The lowest BCUT2D eigenvalue weighted by Crippen LogP contribution is -2.48. The summed E-state index contributed by atoms with van der Waals surface area (Å²) in [6.07, 6.45) is 6.11. The average Bonchev–Trinajstić information content (AvgIpc) is 3.42. The highest BCUT2D eigenvalue weighted by Crippen LogP contribution is 2.41. The molecule has 1 heterocycles. The monoisotopic (exact) mass is 389 g/mol. The van der Waals surface area contributed by atoms with Crippen molar-refractivity contribution in [3.63, 3.8) is 0 Å². The number of aliphatic imine (C=N–C) groups is 1. The van der Waals surface area contributed by atoms with Gasteiger partial charge in [0, 0.05) is 31.7 Å². The van der Waals surface area contributed by atoms with Gasteiger partial charge in [0.05, 0.1) is 26.4 Å². The van der Waals surface area contributed by atoms with E-state index < -0.39 is 0 Å². The van der Waals surface area contributed by atoms with Gasteiger partial charge in [-0.25, -0.2) is 0 Å². The number of nitrogens with zero attached hydrogens (tertiary/aromatic N) is 1. The Balaban J connectivity index is 1.55. The summed E-state index contributed by atoms with van der Waals surface area (Å²) in [6, 6.07) is 8.70. The molecule has 1 aromatic rings. The molecule has 2 N–H and O–H groups in total. The van der Waals surface area contributed by atoms with E-state index in [0.29, 0.717) is 13.2 Å². The minimum atomic E-state index is 0.132. The largest absolute Gasteiger partial charge is 0.497 e. The molecule has 0 spiro atoms. The molecule has 6 nitrogen and oxygen atoms in total. The first-order chi connectivity index (χ1) is 13.6. The molecule has 2 atom stereocenters. The van der Waals surface area contributed by atoms with E-state index >= 15 is 0 Å². The summed E-state index contributed by atoms with van der Waals surface area (Å²) < 4.78 is 16.7. The topological polar surface area (TPSA) is 64.1 Å². The lowest BCUT2D eigenvalue weighted by atomic mass is 9.78. The van der Waals surface area contributed by atoms with Gasteiger partial charge in [0.15, 0.2) is 5.96 Å². The van der Waals surface area contributed by atoms with Gasteiger partial charge in [-0.2, -0.15) is 0 Å². The average molecular weight is 390 g/mol. The van der Waals surface area contributed by atoms with Crippen LogP contribution in [0.5, 0.6) is 5.75 Å². The maximum Gasteiger partial charge on any atom is 0.191 e. The second kappa shape index (κ2) is 10.1. The van der Waals surface area contributed by atoms with Gasteiger partial charge >= 0.3 is 0 Å². The molecule has 1 aliphatic heterocycles. The Bertz CT molecular complexity index is 638. The lowest BCUT2D eigenvalue weighted by molar-refractivity contribution is 0.0347. The number of nitrogens with one attached hydrogen (secondary N) is 2. The molecule has 2 aliphatic rings. The predicted molar refractivity (Wildman–Crippen MR) is 112 cm³/mol. The fourth-order valence-electron chi connectivity index (χ4n) is 4.22. The van der Waals surface area contributed by atoms with Crippen molar-refractivity contribution in [2.45, 2.75) is 56.6 Å². The van der Waals surface area contributed by atoms with Crippen molar-refractivity contribution < 1.29 is 14.2 Å². The minimum Gasteiger partial charge on any atom is -0.497 e. The molecule has 28 heavy (non-hydrogen) atoms. The molecule has 6 heteroatoms. The van der Waals surface area contributed by atoms with Crippen LogP contribution in [0.4, 0.5) is 0 Å². The lowest BCUT2D eigenvalue weighted by Gasteiger charge is -2.31. The van der Waals surface area contributed by atoms with Gasteiger partial charge in [0.1, 0.15) is 5.75 Å². The summed E-state index contributed by atoms with van der Waals surface area (Å²) in [5, 5.41) is 7.02. The number of hydrogen-bond acceptors (Lipinski definition) is 4. The SMILES string of the molecule is CN=C(NCC1(c2cccc(OC)c2)CCCC1)NC(C)COC1CCOC1. The fourth-order valence-corrected chi connectivity index (χ4v) is 4.22. The van der Waals surface area contributed by atoms with Gasteiger partial charge in [-0.05, 0) is 43.9 Å². The van der Waals surface area contributed by atoms with Crippen LogP contribution in [-0.4, -0.2) is 58.6 Å². The molecule has 0 aromatic heterocycles. The Kier molecular flexibility index (Phi) is 7.57. The van der Waals surface area contributed by atoms with Crippen LogP contribution >= 0.6 is 0 Å². The molecule has 3 rings (SSSR count). The van der Waals surface area contributed by atoms with Crippen LogP contribution < -0.4 is 15.4 Å². The third-order valence-corrected chi connectivity index (χ3v) is 5.91. The molecule has 0 amide bonds. The van der Waals surface area contributed by atoms with Gasteiger partial charge in [-0.15, -0.1) is 0 Å². The van der Waals surface area contributed by atoms with Crippen molar-refractivity contribution in [2.75, 3.05) is 40.5 Å². The molecule has 1 aliphatic carbocycles. The summed E-state index contributed by atoms with van der Waals surface area (Å²) >= 11 is 0. The standard InChI is InChI=1S/C22H35N3O3/c1-17(14-28-20-9-12-27-15-20)25-21(23-2)24-16-22(10-4-5-11-22)18-7-6-8-19(13-18)26-3/h6-8,13,17,20H,4-5,9-12,14-16H2,1-3H3,(H2,23,24,25). The van der Waals surface area contributed by atoms with Gasteiger partial charge in [0.2, 0.25) is 0 Å². The fraction of sp³-hybridized carbons (Fsp3) is 0.682. The van der Waals surface area contributed by atoms with Crippen molar-refractivity contribution in [3.8, 4) is 5.75 Å². The third kappa shape index (κ3) is 5.39. The minimum absolute atomic E-state index is 0.132. The van der Waals surface area contributed by atoms with E-state index in [0.717, 1.165) is 31.3 Å². The Morgan fingerprint density at radius 1 is 1.36 bits per heavy atom. The highest BCUT2D eigenvalue weighted by Gasteiger charge is 2.36. The van der Waals surface area contributed by atoms with Gasteiger partial charge in [0.25, 0.3) is 0 Å². The van der Waals surface area contributed by atoms with E-state index in [1.54, 1.807) is 7.11 Å². The summed E-state index contributed by atoms with van der Waals surface area (Å²) in [5.74, 6) is 1.75. The Hall–Kier alpha value is -1.79. The second-order valence-corrected chi connectivity index (χ2v) is 8.01. The quantitative estimate of drug-likeness (QED) is 0.529. The van der Waals surface area contributed by atoms with Crippen molar-refractivity contribution in [1.29, 1.82) is 0 Å². The molecule has 2 fully saturated rings. The number of guanidine groups is 1. The van der Waals surface area contributed by atoms with Crippen LogP contribution in [0.1, 0.15) is 44.6 Å². The smallest absolute Gasteiger partial charge is 0.191 e. The van der Waals surface area contributed by atoms with Crippen LogP contribution in [0.15, 0.2) is 29.3 Å². The zero-order valence-corrected chi connectivity index (χ0v) is 17.5. The number of ether oxygens (including phenoxy) is 3. The summed E-state index contributed by atoms with van der Waals surface area (Å²) in [5.41, 5.74) is 1.48. The second-order valence-electron chi connectivity index (χ2n) is 8.01. The Labute approximate surface area is 169 Å². The first-order valence-corrected chi connectivity index (χ1v) is 10.5. The zero-order valence-electron chi connectivity index (χ0n) is 17.5. The predicted octanol–water partition coefficient (Wildman–Crippen LogP) is 2.87. The van der Waals surface area contributed by atoms with E-state index in [1.165, 1.54) is 31.2 Å². The number of benzene rings is 1. The number of rotatable bonds is 8. The van der Waals surface area contributed by atoms with E-state index in [1.807, 2.05) is 13.1 Å². The van der Waals surface area contributed by atoms with E-state index in [-0.39, 0.29) is 17.6 Å². The molecule has 1 saturated heterocycles. The van der Waals surface area contributed by atoms with Gasteiger partial charge in [-0.3, -0.25) is 4.99 Å². The molecule has 156 valence electrons. The summed E-state index contributed by atoms with van der Waals surface area (Å²) in [6.45, 7) is 5.15.